The van der Waals surface area contributed by atoms with Crippen molar-refractivity contribution >= 4 is 5.78 Å². The highest BCUT2D eigenvalue weighted by atomic mass is 19.1. The van der Waals surface area contributed by atoms with Crippen LogP contribution in [0.2, 0.25) is 0 Å². The summed E-state index contributed by atoms with van der Waals surface area (Å²) in [7, 11) is 0. The summed E-state index contributed by atoms with van der Waals surface area (Å²) in [6.07, 6.45) is 5.40. The Balaban J connectivity index is 1.46. The minimum atomic E-state index is -0.392. The minimum Gasteiger partial charge on any atom is -0.299 e. The number of nitrogens with zero attached hydrogens (tertiary/aromatic N) is 2. The molecule has 0 aliphatic carbocycles. The van der Waals surface area contributed by atoms with Gasteiger partial charge in [-0.15, -0.1) is 0 Å². The van der Waals surface area contributed by atoms with Gasteiger partial charge in [-0.05, 0) is 55.0 Å². The molecule has 0 N–H and O–H groups in total. The van der Waals surface area contributed by atoms with Crippen LogP contribution in [-0.4, -0.2) is 22.8 Å². The Morgan fingerprint density at radius 1 is 1.11 bits per heavy atom. The predicted molar refractivity (Wildman–Crippen MR) is 106 cm³/mol. The number of fused-ring (bicyclic) bond motifs is 2. The van der Waals surface area contributed by atoms with Gasteiger partial charge in [0.15, 0.2) is 0 Å². The smallest absolute Gasteiger partial charge is 0.140 e. The fourth-order valence-corrected chi connectivity index (χ4v) is 4.94. The first-order valence-corrected chi connectivity index (χ1v) is 10.1. The summed E-state index contributed by atoms with van der Waals surface area (Å²) in [5.41, 5.74) is 2.24. The Hall–Kier alpha value is -2.51. The number of hydrogen-bond acceptors (Lipinski definition) is 3. The van der Waals surface area contributed by atoms with E-state index in [-0.39, 0.29) is 18.1 Å². The topological polar surface area (TPSA) is 44.1 Å². The first-order chi connectivity index (χ1) is 13.6. The molecule has 2 atom stereocenters. The molecule has 0 aromatic heterocycles. The SMILES string of the molecule is N#Cc1ccc(F)cc1CC(=O)C1CC2CCCC(C1)N2Cc1ccccc1. The maximum absolute atomic E-state index is 13.6. The van der Waals surface area contributed by atoms with Gasteiger partial charge in [0.1, 0.15) is 11.6 Å². The largest absolute Gasteiger partial charge is 0.299 e. The van der Waals surface area contributed by atoms with Crippen molar-refractivity contribution in [1.29, 1.82) is 5.26 Å². The zero-order chi connectivity index (χ0) is 19.5. The number of hydrogen-bond donors (Lipinski definition) is 0. The van der Waals surface area contributed by atoms with Crippen LogP contribution in [0.1, 0.15) is 48.8 Å². The van der Waals surface area contributed by atoms with E-state index < -0.39 is 5.82 Å². The number of benzene rings is 2. The van der Waals surface area contributed by atoms with Gasteiger partial charge in [-0.25, -0.2) is 4.39 Å². The second kappa shape index (κ2) is 8.24. The van der Waals surface area contributed by atoms with Crippen molar-refractivity contribution in [2.45, 2.75) is 57.2 Å². The fourth-order valence-electron chi connectivity index (χ4n) is 4.94. The van der Waals surface area contributed by atoms with Gasteiger partial charge in [0.25, 0.3) is 0 Å². The summed E-state index contributed by atoms with van der Waals surface area (Å²) in [5, 5.41) is 9.25. The number of carbonyl (C=O) groups is 1. The number of rotatable bonds is 5. The van der Waals surface area contributed by atoms with E-state index in [1.165, 1.54) is 30.2 Å². The average Bonchev–Trinajstić information content (AvgIpc) is 2.68. The van der Waals surface area contributed by atoms with Gasteiger partial charge in [-0.2, -0.15) is 5.26 Å². The van der Waals surface area contributed by atoms with Crippen LogP contribution in [0.3, 0.4) is 0 Å². The van der Waals surface area contributed by atoms with Crippen molar-refractivity contribution in [3.63, 3.8) is 0 Å². The Labute approximate surface area is 165 Å². The van der Waals surface area contributed by atoms with Crippen molar-refractivity contribution in [1.82, 2.24) is 4.90 Å². The molecule has 0 radical (unpaired) electrons. The van der Waals surface area contributed by atoms with Crippen LogP contribution in [0, 0.1) is 23.1 Å². The molecular weight excluding hydrogens is 351 g/mol. The Morgan fingerprint density at radius 3 is 2.50 bits per heavy atom. The summed E-state index contributed by atoms with van der Waals surface area (Å²) < 4.78 is 13.6. The van der Waals surface area contributed by atoms with E-state index >= 15 is 0 Å². The molecule has 2 aliphatic heterocycles. The van der Waals surface area contributed by atoms with Crippen molar-refractivity contribution in [2.75, 3.05) is 0 Å². The maximum Gasteiger partial charge on any atom is 0.140 e. The first-order valence-electron chi connectivity index (χ1n) is 10.1. The van der Waals surface area contributed by atoms with Crippen LogP contribution in [0.25, 0.3) is 0 Å². The molecule has 2 unspecified atom stereocenters. The summed E-state index contributed by atoms with van der Waals surface area (Å²) in [4.78, 5) is 15.6. The normalized spacial score (nSPS) is 24.5. The third-order valence-corrected chi connectivity index (χ3v) is 6.34. The quantitative estimate of drug-likeness (QED) is 0.763. The van der Waals surface area contributed by atoms with Crippen LogP contribution in [0.15, 0.2) is 48.5 Å². The third kappa shape index (κ3) is 4.00. The van der Waals surface area contributed by atoms with Crippen LogP contribution >= 0.6 is 0 Å². The standard InChI is InChI=1S/C24H25FN2O/c25-21-10-9-18(15-26)19(11-21)14-24(28)20-12-22-7-4-8-23(13-20)27(22)16-17-5-2-1-3-6-17/h1-3,5-6,9-11,20,22-23H,4,7-8,12-14,16H2. The van der Waals surface area contributed by atoms with E-state index in [4.69, 9.17) is 0 Å². The summed E-state index contributed by atoms with van der Waals surface area (Å²) in [6, 6.07) is 17.6. The molecule has 4 heteroatoms. The third-order valence-electron chi connectivity index (χ3n) is 6.34. The molecule has 2 aromatic rings. The van der Waals surface area contributed by atoms with E-state index in [0.717, 1.165) is 32.2 Å². The highest BCUT2D eigenvalue weighted by molar-refractivity contribution is 5.84. The average molecular weight is 376 g/mol. The number of halogens is 1. The number of carbonyl (C=O) groups excluding carboxylic acids is 1. The highest BCUT2D eigenvalue weighted by Gasteiger charge is 2.40. The van der Waals surface area contributed by atoms with Crippen molar-refractivity contribution in [3.8, 4) is 6.07 Å². The lowest BCUT2D eigenvalue weighted by Crippen LogP contribution is -2.52. The van der Waals surface area contributed by atoms with Crippen LogP contribution < -0.4 is 0 Å². The lowest BCUT2D eigenvalue weighted by molar-refractivity contribution is -0.126. The minimum absolute atomic E-state index is 0.0112. The first kappa shape index (κ1) is 18.8. The zero-order valence-corrected chi connectivity index (χ0v) is 16.0. The molecule has 144 valence electrons. The molecule has 2 bridgehead atoms. The molecule has 3 nitrogen and oxygen atoms in total. The fraction of sp³-hybridized carbons (Fsp3) is 0.417. The van der Waals surface area contributed by atoms with Gasteiger partial charge >= 0.3 is 0 Å². The number of Topliss-reactive ketones (excluding diaryl/α,β-unsaturated/α-hetero) is 1. The van der Waals surface area contributed by atoms with Gasteiger partial charge < -0.3 is 0 Å². The number of nitriles is 1. The molecule has 0 amide bonds. The molecule has 2 heterocycles. The predicted octanol–water partition coefficient (Wildman–Crippen LogP) is 4.64. The highest BCUT2D eigenvalue weighted by Crippen LogP contribution is 2.38. The Bertz CT molecular complexity index is 875. The van der Waals surface area contributed by atoms with Gasteiger partial charge in [0.2, 0.25) is 0 Å². The van der Waals surface area contributed by atoms with Crippen LogP contribution in [0.5, 0.6) is 0 Å². The van der Waals surface area contributed by atoms with Gasteiger partial charge in [-0.1, -0.05) is 36.8 Å². The van der Waals surface area contributed by atoms with Crippen molar-refractivity contribution < 1.29 is 9.18 Å². The monoisotopic (exact) mass is 376 g/mol. The van der Waals surface area contributed by atoms with Gasteiger partial charge in [0, 0.05) is 31.0 Å². The molecule has 2 aromatic carbocycles. The Morgan fingerprint density at radius 2 is 1.82 bits per heavy atom. The summed E-state index contributed by atoms with van der Waals surface area (Å²) in [6.45, 7) is 0.944. The molecule has 2 fully saturated rings. The van der Waals surface area contributed by atoms with E-state index in [1.54, 1.807) is 0 Å². The Kier molecular flexibility index (Phi) is 5.54. The molecule has 28 heavy (non-hydrogen) atoms. The van der Waals surface area contributed by atoms with Gasteiger partial charge in [-0.3, -0.25) is 9.69 Å². The second-order valence-electron chi connectivity index (χ2n) is 8.12. The summed E-state index contributed by atoms with van der Waals surface area (Å²) >= 11 is 0. The lowest BCUT2D eigenvalue weighted by atomic mass is 9.75. The van der Waals surface area contributed by atoms with Crippen LogP contribution in [-0.2, 0) is 17.8 Å². The molecule has 4 rings (SSSR count). The van der Waals surface area contributed by atoms with E-state index in [0.29, 0.717) is 23.2 Å². The number of ketones is 1. The maximum atomic E-state index is 13.6. The summed E-state index contributed by atoms with van der Waals surface area (Å²) in [5.74, 6) is -0.230. The zero-order valence-electron chi connectivity index (χ0n) is 16.0. The molecule has 2 saturated heterocycles. The lowest BCUT2D eigenvalue weighted by Gasteiger charge is -2.48. The molecule has 2 aliphatic rings. The van der Waals surface area contributed by atoms with E-state index in [1.807, 2.05) is 6.07 Å². The van der Waals surface area contributed by atoms with E-state index in [2.05, 4.69) is 35.2 Å². The van der Waals surface area contributed by atoms with Crippen molar-refractivity contribution in [3.05, 3.63) is 71.0 Å². The van der Waals surface area contributed by atoms with Gasteiger partial charge in [0.05, 0.1) is 11.6 Å². The molecule has 0 saturated carbocycles. The van der Waals surface area contributed by atoms with E-state index in [9.17, 15) is 14.4 Å². The van der Waals surface area contributed by atoms with Crippen molar-refractivity contribution in [2.24, 2.45) is 5.92 Å². The number of piperidine rings is 2. The molecule has 0 spiro atoms. The second-order valence-corrected chi connectivity index (χ2v) is 8.12. The van der Waals surface area contributed by atoms with Crippen LogP contribution in [0.4, 0.5) is 4.39 Å². The molecular formula is C24H25FN2O.